The lowest BCUT2D eigenvalue weighted by molar-refractivity contribution is -0.139. The van der Waals surface area contributed by atoms with Gasteiger partial charge in [0.15, 0.2) is 0 Å². The molecule has 34 heavy (non-hydrogen) atoms. The summed E-state index contributed by atoms with van der Waals surface area (Å²) < 4.78 is 44.5. The van der Waals surface area contributed by atoms with Crippen LogP contribution in [0.15, 0.2) is 48.5 Å². The highest BCUT2D eigenvalue weighted by Crippen LogP contribution is 2.22. The third-order valence-corrected chi connectivity index (χ3v) is 6.61. The van der Waals surface area contributed by atoms with Crippen LogP contribution in [0.4, 0.5) is 10.1 Å². The minimum Gasteiger partial charge on any atom is -0.497 e. The second-order valence-electron chi connectivity index (χ2n) is 8.11. The van der Waals surface area contributed by atoms with E-state index in [1.54, 1.807) is 19.1 Å². The van der Waals surface area contributed by atoms with E-state index in [1.165, 1.54) is 48.4 Å². The standard InChI is InChI=1S/C24H32FN3O5S/c1-6-17(2)26-24(30)18(3)27(15-19-7-9-20(25)10-8-19)23(29)16-28(34(5,31)32)21-11-13-22(33-4)14-12-21/h7-14,17-18H,6,15-16H2,1-5H3,(H,26,30)/t17-,18-/m1/s1. The number of sulfonamides is 1. The van der Waals surface area contributed by atoms with Gasteiger partial charge in [-0.3, -0.25) is 13.9 Å². The Labute approximate surface area is 200 Å². The van der Waals surface area contributed by atoms with Crippen molar-refractivity contribution in [2.24, 2.45) is 0 Å². The van der Waals surface area contributed by atoms with Crippen molar-refractivity contribution in [3.8, 4) is 5.75 Å². The minimum absolute atomic E-state index is 0.00835. The average molecular weight is 494 g/mol. The number of nitrogens with one attached hydrogen (secondary N) is 1. The molecular formula is C24H32FN3O5S. The van der Waals surface area contributed by atoms with Gasteiger partial charge in [-0.25, -0.2) is 12.8 Å². The van der Waals surface area contributed by atoms with E-state index in [4.69, 9.17) is 4.74 Å². The first-order valence-electron chi connectivity index (χ1n) is 10.9. The van der Waals surface area contributed by atoms with Crippen molar-refractivity contribution in [3.05, 3.63) is 59.9 Å². The number of amides is 2. The fraction of sp³-hybridized carbons (Fsp3) is 0.417. The van der Waals surface area contributed by atoms with E-state index in [1.807, 2.05) is 13.8 Å². The topological polar surface area (TPSA) is 96.0 Å². The molecule has 2 aromatic rings. The molecule has 186 valence electrons. The molecule has 0 unspecified atom stereocenters. The van der Waals surface area contributed by atoms with Crippen LogP contribution < -0.4 is 14.4 Å². The molecule has 0 spiro atoms. The van der Waals surface area contributed by atoms with E-state index < -0.39 is 34.3 Å². The van der Waals surface area contributed by atoms with Crippen LogP contribution in [0.1, 0.15) is 32.8 Å². The van der Waals surface area contributed by atoms with E-state index in [2.05, 4.69) is 5.32 Å². The molecular weight excluding hydrogens is 461 g/mol. The third kappa shape index (κ3) is 7.44. The first kappa shape index (κ1) is 27.1. The van der Waals surface area contributed by atoms with Crippen LogP contribution in [0.2, 0.25) is 0 Å². The predicted octanol–water partition coefficient (Wildman–Crippen LogP) is 2.93. The maximum Gasteiger partial charge on any atom is 0.244 e. The Morgan fingerprint density at radius 1 is 1.06 bits per heavy atom. The highest BCUT2D eigenvalue weighted by molar-refractivity contribution is 7.92. The first-order valence-corrected chi connectivity index (χ1v) is 12.8. The summed E-state index contributed by atoms with van der Waals surface area (Å²) in [6, 6.07) is 10.9. The second-order valence-corrected chi connectivity index (χ2v) is 10.0. The third-order valence-electron chi connectivity index (χ3n) is 5.47. The van der Waals surface area contributed by atoms with Crippen molar-refractivity contribution in [2.75, 3.05) is 24.2 Å². The Bertz CT molecular complexity index is 1070. The number of halogens is 1. The smallest absolute Gasteiger partial charge is 0.244 e. The molecule has 2 atom stereocenters. The maximum absolute atomic E-state index is 13.4. The molecule has 0 saturated carbocycles. The summed E-state index contributed by atoms with van der Waals surface area (Å²) in [6.07, 6.45) is 1.72. The molecule has 2 amide bonds. The molecule has 0 aliphatic rings. The normalized spacial score (nSPS) is 13.0. The van der Waals surface area contributed by atoms with Crippen molar-refractivity contribution in [2.45, 2.75) is 45.8 Å². The number of nitrogens with zero attached hydrogens (tertiary/aromatic N) is 2. The number of hydrogen-bond donors (Lipinski definition) is 1. The van der Waals surface area contributed by atoms with Crippen molar-refractivity contribution >= 4 is 27.5 Å². The molecule has 0 saturated heterocycles. The molecule has 0 aliphatic carbocycles. The lowest BCUT2D eigenvalue weighted by Gasteiger charge is -2.32. The average Bonchev–Trinajstić information content (AvgIpc) is 2.80. The van der Waals surface area contributed by atoms with E-state index >= 15 is 0 Å². The maximum atomic E-state index is 13.4. The monoisotopic (exact) mass is 493 g/mol. The van der Waals surface area contributed by atoms with Crippen LogP contribution in [0.3, 0.4) is 0 Å². The molecule has 10 heteroatoms. The highest BCUT2D eigenvalue weighted by atomic mass is 32.2. The van der Waals surface area contributed by atoms with E-state index in [-0.39, 0.29) is 24.2 Å². The molecule has 0 heterocycles. The predicted molar refractivity (Wildman–Crippen MR) is 129 cm³/mol. The Hall–Kier alpha value is -3.14. The summed E-state index contributed by atoms with van der Waals surface area (Å²) in [5.74, 6) is -0.818. The van der Waals surface area contributed by atoms with Crippen molar-refractivity contribution < 1.29 is 27.1 Å². The van der Waals surface area contributed by atoms with Gasteiger partial charge in [0, 0.05) is 12.6 Å². The molecule has 0 fully saturated rings. The summed E-state index contributed by atoms with van der Waals surface area (Å²) in [4.78, 5) is 27.5. The minimum atomic E-state index is -3.82. The molecule has 2 rings (SSSR count). The molecule has 8 nitrogen and oxygen atoms in total. The Morgan fingerprint density at radius 2 is 1.65 bits per heavy atom. The number of carbonyl (C=O) groups is 2. The number of rotatable bonds is 11. The Balaban J connectivity index is 2.36. The number of methoxy groups -OCH3 is 1. The summed E-state index contributed by atoms with van der Waals surface area (Å²) in [5, 5.41) is 2.85. The first-order chi connectivity index (χ1) is 16.0. The summed E-state index contributed by atoms with van der Waals surface area (Å²) in [5.41, 5.74) is 0.892. The van der Waals surface area contributed by atoms with Crippen molar-refractivity contribution in [1.29, 1.82) is 0 Å². The number of anilines is 1. The summed E-state index contributed by atoms with van der Waals surface area (Å²) in [7, 11) is -2.33. The van der Waals surface area contributed by atoms with Crippen LogP contribution in [-0.4, -0.2) is 57.1 Å². The highest BCUT2D eigenvalue weighted by Gasteiger charge is 2.30. The molecule has 0 radical (unpaired) electrons. The van der Waals surface area contributed by atoms with Gasteiger partial charge in [0.2, 0.25) is 21.8 Å². The van der Waals surface area contributed by atoms with E-state index in [9.17, 15) is 22.4 Å². The SMILES string of the molecule is CC[C@@H](C)NC(=O)[C@@H](C)N(Cc1ccc(F)cc1)C(=O)CN(c1ccc(OC)cc1)S(C)(=O)=O. The van der Waals surface area contributed by atoms with E-state index in [0.717, 1.165) is 10.6 Å². The number of hydrogen-bond acceptors (Lipinski definition) is 5. The number of benzene rings is 2. The van der Waals surface area contributed by atoms with Gasteiger partial charge in [-0.2, -0.15) is 0 Å². The largest absolute Gasteiger partial charge is 0.497 e. The van der Waals surface area contributed by atoms with E-state index in [0.29, 0.717) is 17.7 Å². The van der Waals surface area contributed by atoms with Crippen LogP contribution in [0, 0.1) is 5.82 Å². The van der Waals surface area contributed by atoms with Gasteiger partial charge >= 0.3 is 0 Å². The molecule has 1 N–H and O–H groups in total. The van der Waals surface area contributed by atoms with Crippen LogP contribution in [0.5, 0.6) is 5.75 Å². The molecule has 0 aliphatic heterocycles. The quantitative estimate of drug-likeness (QED) is 0.519. The van der Waals surface area contributed by atoms with Gasteiger partial charge in [0.05, 0.1) is 19.1 Å². The fourth-order valence-electron chi connectivity index (χ4n) is 3.20. The molecule has 2 aromatic carbocycles. The zero-order chi connectivity index (χ0) is 25.5. The Kier molecular flexibility index (Phi) is 9.43. The Morgan fingerprint density at radius 3 is 2.15 bits per heavy atom. The number of carbonyl (C=O) groups excluding carboxylic acids is 2. The van der Waals surface area contributed by atoms with Crippen LogP contribution >= 0.6 is 0 Å². The summed E-state index contributed by atoms with van der Waals surface area (Å²) >= 11 is 0. The second kappa shape index (κ2) is 11.8. The van der Waals surface area contributed by atoms with Crippen LogP contribution in [-0.2, 0) is 26.2 Å². The zero-order valence-corrected chi connectivity index (χ0v) is 20.9. The summed E-state index contributed by atoms with van der Waals surface area (Å²) in [6.45, 7) is 4.86. The van der Waals surface area contributed by atoms with Gasteiger partial charge < -0.3 is 15.0 Å². The van der Waals surface area contributed by atoms with Crippen molar-refractivity contribution in [1.82, 2.24) is 10.2 Å². The van der Waals surface area contributed by atoms with Gasteiger partial charge in [-0.1, -0.05) is 19.1 Å². The fourth-order valence-corrected chi connectivity index (χ4v) is 4.05. The van der Waals surface area contributed by atoms with Gasteiger partial charge in [-0.05, 0) is 62.2 Å². The lowest BCUT2D eigenvalue weighted by Crippen LogP contribution is -2.52. The number of ether oxygens (including phenoxy) is 1. The van der Waals surface area contributed by atoms with Gasteiger partial charge in [0.1, 0.15) is 24.2 Å². The zero-order valence-electron chi connectivity index (χ0n) is 20.1. The van der Waals surface area contributed by atoms with Gasteiger partial charge in [-0.15, -0.1) is 0 Å². The van der Waals surface area contributed by atoms with Crippen molar-refractivity contribution in [3.63, 3.8) is 0 Å². The molecule has 0 aromatic heterocycles. The van der Waals surface area contributed by atoms with Crippen LogP contribution in [0.25, 0.3) is 0 Å². The van der Waals surface area contributed by atoms with Gasteiger partial charge in [0.25, 0.3) is 0 Å². The molecule has 0 bridgehead atoms. The lowest BCUT2D eigenvalue weighted by atomic mass is 10.1.